The Labute approximate surface area is 169 Å². The summed E-state index contributed by atoms with van der Waals surface area (Å²) in [7, 11) is 0. The highest BCUT2D eigenvalue weighted by atomic mass is 32.2. The zero-order valence-corrected chi connectivity index (χ0v) is 16.4. The van der Waals surface area contributed by atoms with Crippen molar-refractivity contribution in [3.8, 4) is 11.5 Å². The summed E-state index contributed by atoms with van der Waals surface area (Å²) in [5.74, 6) is 0.894. The van der Waals surface area contributed by atoms with E-state index in [1.165, 1.54) is 16.7 Å². The predicted molar refractivity (Wildman–Crippen MR) is 110 cm³/mol. The molecule has 0 bridgehead atoms. The van der Waals surface area contributed by atoms with E-state index in [9.17, 15) is 9.59 Å². The molecule has 1 saturated heterocycles. The van der Waals surface area contributed by atoms with Crippen molar-refractivity contribution in [2.24, 2.45) is 0 Å². The summed E-state index contributed by atoms with van der Waals surface area (Å²) >= 11 is 8.11. The highest BCUT2D eigenvalue weighted by Gasteiger charge is 2.32. The predicted octanol–water partition coefficient (Wildman–Crippen LogP) is 3.71. The molecule has 2 aromatic rings. The molecule has 3 heterocycles. The number of ether oxygens (including phenoxy) is 2. The van der Waals surface area contributed by atoms with Crippen LogP contribution in [0.5, 0.6) is 11.5 Å². The Morgan fingerprint density at radius 2 is 2.15 bits per heavy atom. The van der Waals surface area contributed by atoms with E-state index in [1.807, 2.05) is 23.6 Å². The fourth-order valence-electron chi connectivity index (χ4n) is 2.61. The first kappa shape index (κ1) is 18.0. The Bertz CT molecular complexity index is 940. The second-order valence-corrected chi connectivity index (χ2v) is 8.37. The molecule has 1 fully saturated rings. The van der Waals surface area contributed by atoms with Crippen molar-refractivity contribution in [3.05, 3.63) is 45.5 Å². The van der Waals surface area contributed by atoms with Crippen LogP contribution in [0.15, 0.2) is 40.6 Å². The molecule has 4 rings (SSSR count). The lowest BCUT2D eigenvalue weighted by atomic mass is 10.2. The van der Waals surface area contributed by atoms with Crippen LogP contribution in [0.25, 0.3) is 6.08 Å². The van der Waals surface area contributed by atoms with E-state index >= 15 is 0 Å². The van der Waals surface area contributed by atoms with Gasteiger partial charge in [-0.25, -0.2) is 0 Å². The third-order valence-corrected chi connectivity index (χ3v) is 6.11. The van der Waals surface area contributed by atoms with Gasteiger partial charge in [-0.3, -0.25) is 14.5 Å². The number of rotatable bonds is 5. The molecule has 0 spiro atoms. The lowest BCUT2D eigenvalue weighted by Gasteiger charge is -2.14. The van der Waals surface area contributed by atoms with Crippen molar-refractivity contribution in [2.45, 2.75) is 6.42 Å². The molecular weight excluding hydrogens is 404 g/mol. The van der Waals surface area contributed by atoms with E-state index < -0.39 is 0 Å². The van der Waals surface area contributed by atoms with Crippen LogP contribution in [0.3, 0.4) is 0 Å². The van der Waals surface area contributed by atoms with Gasteiger partial charge in [-0.1, -0.05) is 30.0 Å². The Balaban J connectivity index is 1.35. The second-order valence-electron chi connectivity index (χ2n) is 5.71. The summed E-state index contributed by atoms with van der Waals surface area (Å²) in [5, 5.41) is 4.75. The summed E-state index contributed by atoms with van der Waals surface area (Å²) in [6.07, 6.45) is 1.98. The molecule has 1 aromatic carbocycles. The number of thiophene rings is 1. The van der Waals surface area contributed by atoms with E-state index in [0.29, 0.717) is 26.4 Å². The number of anilines is 1. The fraction of sp³-hybridized carbons (Fsp3) is 0.167. The SMILES string of the molecule is O=C(CCN1C(=O)/C(=C\c2cccs2)SC1=S)Nc1ccc2c(c1)OCO2. The first-order valence-electron chi connectivity index (χ1n) is 8.08. The smallest absolute Gasteiger partial charge is 0.266 e. The molecule has 0 radical (unpaired) electrons. The topological polar surface area (TPSA) is 67.9 Å². The molecule has 2 aliphatic heterocycles. The maximum atomic E-state index is 12.5. The van der Waals surface area contributed by atoms with Gasteiger partial charge in [0.25, 0.3) is 5.91 Å². The molecule has 9 heteroatoms. The van der Waals surface area contributed by atoms with Gasteiger partial charge in [0, 0.05) is 29.6 Å². The number of nitrogens with zero attached hydrogens (tertiary/aromatic N) is 1. The van der Waals surface area contributed by atoms with Gasteiger partial charge in [0.2, 0.25) is 12.7 Å². The van der Waals surface area contributed by atoms with E-state index in [4.69, 9.17) is 21.7 Å². The van der Waals surface area contributed by atoms with Gasteiger partial charge >= 0.3 is 0 Å². The molecular formula is C18H14N2O4S3. The van der Waals surface area contributed by atoms with Gasteiger partial charge in [-0.2, -0.15) is 0 Å². The molecule has 2 amide bonds. The lowest BCUT2D eigenvalue weighted by molar-refractivity contribution is -0.122. The first-order valence-corrected chi connectivity index (χ1v) is 10.2. The van der Waals surface area contributed by atoms with Crippen LogP contribution in [-0.4, -0.2) is 34.4 Å². The number of carbonyl (C=O) groups is 2. The average molecular weight is 419 g/mol. The van der Waals surface area contributed by atoms with Gasteiger partial charge in [-0.15, -0.1) is 11.3 Å². The second kappa shape index (κ2) is 7.71. The molecule has 0 aliphatic carbocycles. The van der Waals surface area contributed by atoms with Crippen LogP contribution in [0.2, 0.25) is 0 Å². The highest BCUT2D eigenvalue weighted by Crippen LogP contribution is 2.35. The van der Waals surface area contributed by atoms with Crippen molar-refractivity contribution >= 4 is 63.2 Å². The Hall–Kier alpha value is -2.36. The number of nitrogens with one attached hydrogen (secondary N) is 1. The number of hydrogen-bond acceptors (Lipinski definition) is 7. The fourth-order valence-corrected chi connectivity index (χ4v) is 4.64. The lowest BCUT2D eigenvalue weighted by Crippen LogP contribution is -2.31. The minimum Gasteiger partial charge on any atom is -0.454 e. The molecule has 0 saturated carbocycles. The van der Waals surface area contributed by atoms with Crippen LogP contribution in [0.4, 0.5) is 5.69 Å². The third-order valence-electron chi connectivity index (χ3n) is 3.91. The van der Waals surface area contributed by atoms with Crippen molar-refractivity contribution in [1.29, 1.82) is 0 Å². The van der Waals surface area contributed by atoms with Gasteiger partial charge in [0.1, 0.15) is 4.32 Å². The largest absolute Gasteiger partial charge is 0.454 e. The Morgan fingerprint density at radius 3 is 2.96 bits per heavy atom. The van der Waals surface area contributed by atoms with Gasteiger partial charge in [0.05, 0.1) is 4.91 Å². The monoisotopic (exact) mass is 418 g/mol. The summed E-state index contributed by atoms with van der Waals surface area (Å²) in [6.45, 7) is 0.420. The van der Waals surface area contributed by atoms with Crippen LogP contribution in [0.1, 0.15) is 11.3 Å². The van der Waals surface area contributed by atoms with Crippen LogP contribution >= 0.6 is 35.3 Å². The molecule has 6 nitrogen and oxygen atoms in total. The van der Waals surface area contributed by atoms with Crippen molar-refractivity contribution in [1.82, 2.24) is 4.90 Å². The van der Waals surface area contributed by atoms with Crippen molar-refractivity contribution in [3.63, 3.8) is 0 Å². The summed E-state index contributed by atoms with van der Waals surface area (Å²) in [4.78, 5) is 27.8. The van der Waals surface area contributed by atoms with Gasteiger partial charge < -0.3 is 14.8 Å². The van der Waals surface area contributed by atoms with E-state index in [0.717, 1.165) is 4.88 Å². The van der Waals surface area contributed by atoms with Gasteiger partial charge in [0.15, 0.2) is 11.5 Å². The number of amides is 2. The third kappa shape index (κ3) is 4.00. The van der Waals surface area contributed by atoms with Gasteiger partial charge in [-0.05, 0) is 29.7 Å². The first-order chi connectivity index (χ1) is 13.1. The average Bonchev–Trinajstić information content (AvgIpc) is 3.36. The molecule has 0 unspecified atom stereocenters. The summed E-state index contributed by atoms with van der Waals surface area (Å²) < 4.78 is 11.0. The number of carbonyl (C=O) groups excluding carboxylic acids is 2. The maximum absolute atomic E-state index is 12.5. The molecule has 2 aliphatic rings. The zero-order valence-electron chi connectivity index (χ0n) is 14.0. The van der Waals surface area contributed by atoms with Crippen LogP contribution < -0.4 is 14.8 Å². The summed E-state index contributed by atoms with van der Waals surface area (Å²) in [6, 6.07) is 9.07. The molecule has 1 aromatic heterocycles. The number of hydrogen-bond donors (Lipinski definition) is 1. The molecule has 0 atom stereocenters. The van der Waals surface area contributed by atoms with Crippen molar-refractivity contribution in [2.75, 3.05) is 18.7 Å². The number of thioether (sulfide) groups is 1. The minimum atomic E-state index is -0.204. The van der Waals surface area contributed by atoms with Crippen LogP contribution in [-0.2, 0) is 9.59 Å². The maximum Gasteiger partial charge on any atom is 0.266 e. The molecule has 27 heavy (non-hydrogen) atoms. The number of benzene rings is 1. The Morgan fingerprint density at radius 1 is 1.30 bits per heavy atom. The quantitative estimate of drug-likeness (QED) is 0.590. The van der Waals surface area contributed by atoms with Crippen molar-refractivity contribution < 1.29 is 19.1 Å². The van der Waals surface area contributed by atoms with E-state index in [2.05, 4.69) is 5.32 Å². The molecule has 1 N–H and O–H groups in total. The highest BCUT2D eigenvalue weighted by molar-refractivity contribution is 8.26. The zero-order chi connectivity index (χ0) is 18.8. The summed E-state index contributed by atoms with van der Waals surface area (Å²) in [5.41, 5.74) is 0.618. The van der Waals surface area contributed by atoms with Crippen LogP contribution in [0, 0.1) is 0 Å². The normalized spacial score (nSPS) is 17.0. The standard InChI is InChI=1S/C18H14N2O4S3/c21-16(19-11-3-4-13-14(8-11)24-10-23-13)5-6-20-17(22)15(27-18(20)25)9-12-2-1-7-26-12/h1-4,7-9H,5-6,10H2,(H,19,21)/b15-9+. The minimum absolute atomic E-state index is 0.146. The molecule has 138 valence electrons. The van der Waals surface area contributed by atoms with E-state index in [-0.39, 0.29) is 31.6 Å². The number of fused-ring (bicyclic) bond motifs is 1. The number of thiocarbonyl (C=S) groups is 1. The van der Waals surface area contributed by atoms with E-state index in [1.54, 1.807) is 29.5 Å². The Kier molecular flexibility index (Phi) is 5.15.